The Kier molecular flexibility index (Phi) is 5.71. The minimum Gasteiger partial charge on any atom is -0.489 e. The Morgan fingerprint density at radius 3 is 2.91 bits per heavy atom. The number of pyridine rings is 1. The van der Waals surface area contributed by atoms with Crippen molar-refractivity contribution in [3.63, 3.8) is 0 Å². The first kappa shape index (κ1) is 15.8. The molecule has 2 aromatic rings. The fourth-order valence-electron chi connectivity index (χ4n) is 1.80. The van der Waals surface area contributed by atoms with Crippen LogP contribution in [0.3, 0.4) is 0 Å². The molecule has 0 saturated heterocycles. The molecule has 0 bridgehead atoms. The van der Waals surface area contributed by atoms with E-state index in [-0.39, 0.29) is 18.0 Å². The van der Waals surface area contributed by atoms with Crippen molar-refractivity contribution in [1.82, 2.24) is 15.6 Å². The van der Waals surface area contributed by atoms with Crippen LogP contribution >= 0.6 is 0 Å². The molecule has 5 nitrogen and oxygen atoms in total. The van der Waals surface area contributed by atoms with Crippen molar-refractivity contribution in [2.75, 3.05) is 6.54 Å². The van der Waals surface area contributed by atoms with Gasteiger partial charge in [0.1, 0.15) is 17.7 Å². The number of halogens is 1. The van der Waals surface area contributed by atoms with Crippen LogP contribution in [0.5, 0.6) is 5.75 Å². The minimum atomic E-state index is -0.355. The molecule has 6 heteroatoms. The topological polar surface area (TPSA) is 63.2 Å². The number of rotatable bonds is 6. The van der Waals surface area contributed by atoms with E-state index >= 15 is 0 Å². The number of hydrogen-bond acceptors (Lipinski definition) is 3. The number of nitrogens with one attached hydrogen (secondary N) is 2. The molecule has 0 aliphatic heterocycles. The summed E-state index contributed by atoms with van der Waals surface area (Å²) in [5, 5.41) is 5.42. The zero-order valence-electron chi connectivity index (χ0n) is 12.3. The second-order valence-corrected chi connectivity index (χ2v) is 4.81. The van der Waals surface area contributed by atoms with Gasteiger partial charge in [-0.15, -0.1) is 0 Å². The van der Waals surface area contributed by atoms with Gasteiger partial charge in [0.2, 0.25) is 0 Å². The predicted octanol–water partition coefficient (Wildman–Crippen LogP) is 2.49. The van der Waals surface area contributed by atoms with Gasteiger partial charge in [-0.3, -0.25) is 4.98 Å². The number of urea groups is 1. The summed E-state index contributed by atoms with van der Waals surface area (Å²) in [6.07, 6.45) is 3.09. The maximum absolute atomic E-state index is 13.0. The van der Waals surface area contributed by atoms with Gasteiger partial charge < -0.3 is 15.4 Å². The molecule has 2 amide bonds. The number of amides is 2. The van der Waals surface area contributed by atoms with E-state index in [1.54, 1.807) is 31.5 Å². The SMILES string of the molecule is CC(CNC(=O)NCc1cccnc1)Oc1cccc(F)c1. The van der Waals surface area contributed by atoms with Gasteiger partial charge >= 0.3 is 6.03 Å². The number of hydrogen-bond donors (Lipinski definition) is 2. The number of aromatic nitrogens is 1. The Bertz CT molecular complexity index is 607. The van der Waals surface area contributed by atoms with Gasteiger partial charge in [0, 0.05) is 25.0 Å². The van der Waals surface area contributed by atoms with Gasteiger partial charge in [-0.2, -0.15) is 0 Å². The molecule has 0 aliphatic rings. The Hall–Kier alpha value is -2.63. The van der Waals surface area contributed by atoms with Crippen LogP contribution in [0.25, 0.3) is 0 Å². The third kappa shape index (κ3) is 5.40. The second-order valence-electron chi connectivity index (χ2n) is 4.81. The smallest absolute Gasteiger partial charge is 0.315 e. The molecule has 22 heavy (non-hydrogen) atoms. The van der Waals surface area contributed by atoms with Gasteiger partial charge in [0.05, 0.1) is 6.54 Å². The molecule has 1 aromatic heterocycles. The lowest BCUT2D eigenvalue weighted by Crippen LogP contribution is -2.40. The minimum absolute atomic E-state index is 0.272. The summed E-state index contributed by atoms with van der Waals surface area (Å²) in [6, 6.07) is 9.29. The van der Waals surface area contributed by atoms with Crippen LogP contribution in [-0.2, 0) is 6.54 Å². The molecule has 1 atom stereocenters. The molecule has 116 valence electrons. The summed E-state index contributed by atoms with van der Waals surface area (Å²) >= 11 is 0. The van der Waals surface area contributed by atoms with Crippen LogP contribution in [0.1, 0.15) is 12.5 Å². The molecular weight excluding hydrogens is 285 g/mol. The highest BCUT2D eigenvalue weighted by Crippen LogP contribution is 2.13. The third-order valence-electron chi connectivity index (χ3n) is 2.86. The molecule has 1 aromatic carbocycles. The van der Waals surface area contributed by atoms with Gasteiger partial charge in [-0.05, 0) is 30.7 Å². The number of benzene rings is 1. The highest BCUT2D eigenvalue weighted by atomic mass is 19.1. The third-order valence-corrected chi connectivity index (χ3v) is 2.86. The lowest BCUT2D eigenvalue weighted by atomic mass is 10.3. The molecule has 0 radical (unpaired) electrons. The van der Waals surface area contributed by atoms with Gasteiger partial charge in [0.25, 0.3) is 0 Å². The first-order valence-corrected chi connectivity index (χ1v) is 6.96. The average molecular weight is 303 g/mol. The van der Waals surface area contributed by atoms with E-state index in [0.29, 0.717) is 18.8 Å². The lowest BCUT2D eigenvalue weighted by molar-refractivity contribution is 0.207. The van der Waals surface area contributed by atoms with Crippen LogP contribution in [0, 0.1) is 5.82 Å². The van der Waals surface area contributed by atoms with E-state index in [9.17, 15) is 9.18 Å². The molecule has 0 saturated carbocycles. The van der Waals surface area contributed by atoms with Gasteiger partial charge in [-0.1, -0.05) is 12.1 Å². The number of ether oxygens (including phenoxy) is 1. The van der Waals surface area contributed by atoms with E-state index in [4.69, 9.17) is 4.74 Å². The summed E-state index contributed by atoms with van der Waals surface area (Å²) < 4.78 is 18.5. The fraction of sp³-hybridized carbons (Fsp3) is 0.250. The Morgan fingerprint density at radius 2 is 2.18 bits per heavy atom. The van der Waals surface area contributed by atoms with Crippen LogP contribution in [0.4, 0.5) is 9.18 Å². The average Bonchev–Trinajstić information content (AvgIpc) is 2.52. The first-order valence-electron chi connectivity index (χ1n) is 6.96. The Labute approximate surface area is 128 Å². The summed E-state index contributed by atoms with van der Waals surface area (Å²) in [4.78, 5) is 15.6. The number of carbonyl (C=O) groups is 1. The molecule has 0 spiro atoms. The molecule has 2 N–H and O–H groups in total. The standard InChI is InChI=1S/C16H18FN3O2/c1-12(22-15-6-2-5-14(17)8-15)9-19-16(21)20-11-13-4-3-7-18-10-13/h2-8,10,12H,9,11H2,1H3,(H2,19,20,21). The van der Waals surface area contributed by atoms with Crippen molar-refractivity contribution in [2.45, 2.75) is 19.6 Å². The maximum Gasteiger partial charge on any atom is 0.315 e. The Morgan fingerprint density at radius 1 is 1.32 bits per heavy atom. The van der Waals surface area contributed by atoms with Crippen LogP contribution < -0.4 is 15.4 Å². The van der Waals surface area contributed by atoms with Crippen LogP contribution in [0.15, 0.2) is 48.8 Å². The highest BCUT2D eigenvalue weighted by Gasteiger charge is 2.07. The fourth-order valence-corrected chi connectivity index (χ4v) is 1.80. The summed E-state index contributed by atoms with van der Waals surface area (Å²) in [7, 11) is 0. The van der Waals surface area contributed by atoms with Crippen molar-refractivity contribution in [1.29, 1.82) is 0 Å². The zero-order chi connectivity index (χ0) is 15.8. The molecule has 2 rings (SSSR count). The highest BCUT2D eigenvalue weighted by molar-refractivity contribution is 5.73. The maximum atomic E-state index is 13.0. The largest absolute Gasteiger partial charge is 0.489 e. The van der Waals surface area contributed by atoms with Crippen molar-refractivity contribution >= 4 is 6.03 Å². The zero-order valence-corrected chi connectivity index (χ0v) is 12.3. The quantitative estimate of drug-likeness (QED) is 0.862. The van der Waals surface area contributed by atoms with E-state index in [2.05, 4.69) is 15.6 Å². The molecular formula is C16H18FN3O2. The summed E-state index contributed by atoms with van der Waals surface area (Å²) in [6.45, 7) is 2.51. The van der Waals surface area contributed by atoms with E-state index in [1.807, 2.05) is 12.1 Å². The molecule has 0 aliphatic carbocycles. The number of nitrogens with zero attached hydrogens (tertiary/aromatic N) is 1. The van der Waals surface area contributed by atoms with Gasteiger partial charge in [-0.25, -0.2) is 9.18 Å². The molecule has 1 heterocycles. The van der Waals surface area contributed by atoms with E-state index in [1.165, 1.54) is 12.1 Å². The van der Waals surface area contributed by atoms with E-state index in [0.717, 1.165) is 5.56 Å². The Balaban J connectivity index is 1.69. The van der Waals surface area contributed by atoms with Crippen molar-refractivity contribution < 1.29 is 13.9 Å². The van der Waals surface area contributed by atoms with E-state index < -0.39 is 0 Å². The van der Waals surface area contributed by atoms with Crippen molar-refractivity contribution in [2.24, 2.45) is 0 Å². The van der Waals surface area contributed by atoms with Crippen LogP contribution in [-0.4, -0.2) is 23.7 Å². The van der Waals surface area contributed by atoms with Crippen molar-refractivity contribution in [3.05, 3.63) is 60.2 Å². The van der Waals surface area contributed by atoms with Crippen molar-refractivity contribution in [3.8, 4) is 5.75 Å². The number of carbonyl (C=O) groups excluding carboxylic acids is 1. The molecule has 0 fully saturated rings. The second kappa shape index (κ2) is 7.97. The molecule has 1 unspecified atom stereocenters. The normalized spacial score (nSPS) is 11.5. The summed E-state index contributed by atoms with van der Waals surface area (Å²) in [5.74, 6) is 0.0805. The monoisotopic (exact) mass is 303 g/mol. The first-order chi connectivity index (χ1) is 10.6. The lowest BCUT2D eigenvalue weighted by Gasteiger charge is -2.15. The van der Waals surface area contributed by atoms with Crippen LogP contribution in [0.2, 0.25) is 0 Å². The summed E-state index contributed by atoms with van der Waals surface area (Å²) in [5.41, 5.74) is 0.918. The van der Waals surface area contributed by atoms with Gasteiger partial charge in [0.15, 0.2) is 0 Å². The predicted molar refractivity (Wildman–Crippen MR) is 81.0 cm³/mol.